The lowest BCUT2D eigenvalue weighted by Gasteiger charge is -2.15. The van der Waals surface area contributed by atoms with Crippen LogP contribution in [0.2, 0.25) is 0 Å². The monoisotopic (exact) mass is 474 g/mol. The van der Waals surface area contributed by atoms with E-state index in [2.05, 4.69) is 15.2 Å². The maximum Gasteiger partial charge on any atom is 0.338 e. The number of esters is 1. The van der Waals surface area contributed by atoms with Gasteiger partial charge in [-0.05, 0) is 43.3 Å². The number of carbonyl (C=O) groups is 3. The Bertz CT molecular complexity index is 1370. The molecule has 2 aromatic heterocycles. The summed E-state index contributed by atoms with van der Waals surface area (Å²) < 4.78 is 10.8. The van der Waals surface area contributed by atoms with E-state index in [1.165, 1.54) is 18.3 Å². The summed E-state index contributed by atoms with van der Waals surface area (Å²) in [6.07, 6.45) is 1.49. The molecule has 1 aliphatic heterocycles. The minimum Gasteiger partial charge on any atom is -0.462 e. The van der Waals surface area contributed by atoms with E-state index >= 15 is 0 Å². The molecule has 1 fully saturated rings. The Hall–Kier alpha value is -4.05. The van der Waals surface area contributed by atoms with E-state index < -0.39 is 11.2 Å². The smallest absolute Gasteiger partial charge is 0.338 e. The number of aromatic nitrogens is 3. The van der Waals surface area contributed by atoms with Crippen molar-refractivity contribution in [1.29, 1.82) is 0 Å². The van der Waals surface area contributed by atoms with Gasteiger partial charge in [0, 0.05) is 11.8 Å². The van der Waals surface area contributed by atoms with Gasteiger partial charge in [0.05, 0.1) is 24.1 Å². The van der Waals surface area contributed by atoms with Gasteiger partial charge in [-0.15, -0.1) is 5.10 Å². The molecule has 0 aliphatic carbocycles. The van der Waals surface area contributed by atoms with Gasteiger partial charge in [0.25, 0.3) is 0 Å². The van der Waals surface area contributed by atoms with Crippen LogP contribution < -0.4 is 4.90 Å². The van der Waals surface area contributed by atoms with Gasteiger partial charge in [0.2, 0.25) is 17.0 Å². The van der Waals surface area contributed by atoms with Gasteiger partial charge >= 0.3 is 5.97 Å². The van der Waals surface area contributed by atoms with Crippen LogP contribution in [-0.2, 0) is 14.3 Å². The summed E-state index contributed by atoms with van der Waals surface area (Å²) >= 11 is 1.08. The first-order valence-corrected chi connectivity index (χ1v) is 11.4. The second-order valence-electron chi connectivity index (χ2n) is 7.42. The van der Waals surface area contributed by atoms with E-state index in [-0.39, 0.29) is 30.0 Å². The van der Waals surface area contributed by atoms with Crippen LogP contribution in [0.25, 0.3) is 22.4 Å². The van der Waals surface area contributed by atoms with Crippen LogP contribution in [0, 0.1) is 0 Å². The van der Waals surface area contributed by atoms with E-state index in [1.807, 2.05) is 30.3 Å². The Morgan fingerprint density at radius 1 is 1.18 bits per heavy atom. The van der Waals surface area contributed by atoms with Gasteiger partial charge in [-0.3, -0.25) is 9.59 Å². The highest BCUT2D eigenvalue weighted by Gasteiger charge is 2.40. The molecule has 1 aliphatic rings. The fourth-order valence-corrected chi connectivity index (χ4v) is 4.55. The number of para-hydroxylation sites is 1. The van der Waals surface area contributed by atoms with Crippen molar-refractivity contribution < 1.29 is 23.5 Å². The summed E-state index contributed by atoms with van der Waals surface area (Å²) in [6.45, 7) is 1.98. The molecule has 0 radical (unpaired) electrons. The van der Waals surface area contributed by atoms with Gasteiger partial charge < -0.3 is 9.15 Å². The fourth-order valence-electron chi connectivity index (χ4n) is 3.62. The first-order chi connectivity index (χ1) is 16.5. The lowest BCUT2D eigenvalue weighted by atomic mass is 10.2. The zero-order valence-corrected chi connectivity index (χ0v) is 18.8. The number of hydrogen-bond acceptors (Lipinski definition) is 9. The molecular formula is C24H18N4O5S. The van der Waals surface area contributed by atoms with Crippen LogP contribution in [0.1, 0.15) is 23.7 Å². The lowest BCUT2D eigenvalue weighted by molar-refractivity contribution is -0.121. The zero-order chi connectivity index (χ0) is 23.7. The first-order valence-electron chi connectivity index (χ1n) is 10.5. The van der Waals surface area contributed by atoms with Crippen LogP contribution in [0.5, 0.6) is 0 Å². The van der Waals surface area contributed by atoms with Gasteiger partial charge in [0.15, 0.2) is 5.76 Å². The summed E-state index contributed by atoms with van der Waals surface area (Å²) in [4.78, 5) is 43.1. The number of nitrogens with zero attached hydrogens (tertiary/aromatic N) is 4. The summed E-state index contributed by atoms with van der Waals surface area (Å²) in [5.41, 5.74) is 1.95. The SMILES string of the molecule is CCOC(=O)c1ccc(N2C(=O)CC(Sc3nncc(-c4cc5ccccc5o4)n3)C2=O)cc1. The standard InChI is InChI=1S/C24H18N4O5S/c1-2-32-23(31)14-7-9-16(10-8-14)28-21(29)12-20(22(28)30)34-24-26-17(13-25-27-24)19-11-15-5-3-4-6-18(15)33-19/h3-11,13,20H,2,12H2,1H3. The number of carbonyl (C=O) groups excluding carboxylic acids is 3. The molecular weight excluding hydrogens is 456 g/mol. The predicted octanol–water partition coefficient (Wildman–Crippen LogP) is 3.89. The molecule has 34 heavy (non-hydrogen) atoms. The minimum absolute atomic E-state index is 0.00134. The number of anilines is 1. The molecule has 170 valence electrons. The van der Waals surface area contributed by atoms with Gasteiger partial charge in [-0.25, -0.2) is 14.7 Å². The lowest BCUT2D eigenvalue weighted by Crippen LogP contribution is -2.31. The third-order valence-electron chi connectivity index (χ3n) is 5.21. The van der Waals surface area contributed by atoms with Crippen LogP contribution in [-0.4, -0.2) is 44.8 Å². The maximum atomic E-state index is 13.0. The molecule has 0 N–H and O–H groups in total. The number of imide groups is 1. The van der Waals surface area contributed by atoms with Gasteiger partial charge in [-0.1, -0.05) is 30.0 Å². The fraction of sp³-hybridized carbons (Fsp3) is 0.167. The number of amides is 2. The number of ether oxygens (including phenoxy) is 1. The Balaban J connectivity index is 1.33. The Morgan fingerprint density at radius 3 is 2.74 bits per heavy atom. The number of furan rings is 1. The molecule has 10 heteroatoms. The Labute approximate surface area is 198 Å². The van der Waals surface area contributed by atoms with Crippen molar-refractivity contribution in [2.24, 2.45) is 0 Å². The van der Waals surface area contributed by atoms with Crippen molar-refractivity contribution in [3.05, 3.63) is 66.4 Å². The molecule has 9 nitrogen and oxygen atoms in total. The molecule has 2 amide bonds. The van der Waals surface area contributed by atoms with Crippen LogP contribution >= 0.6 is 11.8 Å². The van der Waals surface area contributed by atoms with Crippen molar-refractivity contribution in [3.63, 3.8) is 0 Å². The van der Waals surface area contributed by atoms with Crippen LogP contribution in [0.3, 0.4) is 0 Å². The highest BCUT2D eigenvalue weighted by molar-refractivity contribution is 8.00. The van der Waals surface area contributed by atoms with Crippen molar-refractivity contribution in [3.8, 4) is 11.5 Å². The van der Waals surface area contributed by atoms with Crippen LogP contribution in [0.4, 0.5) is 5.69 Å². The number of fused-ring (bicyclic) bond motifs is 1. The van der Waals surface area contributed by atoms with E-state index in [9.17, 15) is 14.4 Å². The largest absolute Gasteiger partial charge is 0.462 e. The zero-order valence-electron chi connectivity index (χ0n) is 18.0. The normalized spacial score (nSPS) is 15.8. The van der Waals surface area contributed by atoms with E-state index in [0.717, 1.165) is 27.6 Å². The molecule has 1 unspecified atom stereocenters. The number of rotatable bonds is 6. The third kappa shape index (κ3) is 4.15. The van der Waals surface area contributed by atoms with Gasteiger partial charge in [-0.2, -0.15) is 5.10 Å². The summed E-state index contributed by atoms with van der Waals surface area (Å²) in [5, 5.41) is 8.52. The third-order valence-corrected chi connectivity index (χ3v) is 6.24. The van der Waals surface area contributed by atoms with Crippen molar-refractivity contribution in [2.75, 3.05) is 11.5 Å². The quantitative estimate of drug-likeness (QED) is 0.303. The topological polar surface area (TPSA) is 115 Å². The molecule has 0 spiro atoms. The Morgan fingerprint density at radius 2 is 1.97 bits per heavy atom. The average molecular weight is 474 g/mol. The summed E-state index contributed by atoms with van der Waals surface area (Å²) in [7, 11) is 0. The molecule has 4 aromatic rings. The first kappa shape index (κ1) is 21.8. The van der Waals surface area contributed by atoms with E-state index in [1.54, 1.807) is 19.1 Å². The molecule has 0 bridgehead atoms. The molecule has 0 saturated carbocycles. The highest BCUT2D eigenvalue weighted by atomic mass is 32.2. The molecule has 3 heterocycles. The summed E-state index contributed by atoms with van der Waals surface area (Å²) in [6, 6.07) is 15.6. The molecule has 5 rings (SSSR count). The van der Waals surface area contributed by atoms with E-state index in [4.69, 9.17) is 9.15 Å². The van der Waals surface area contributed by atoms with Crippen LogP contribution in [0.15, 0.2) is 70.4 Å². The van der Waals surface area contributed by atoms with E-state index in [0.29, 0.717) is 22.7 Å². The maximum absolute atomic E-state index is 13.0. The van der Waals surface area contributed by atoms with Crippen molar-refractivity contribution in [2.45, 2.75) is 23.8 Å². The number of benzene rings is 2. The average Bonchev–Trinajstić information content (AvgIpc) is 3.40. The summed E-state index contributed by atoms with van der Waals surface area (Å²) in [5.74, 6) is -0.643. The molecule has 1 saturated heterocycles. The molecule has 2 aromatic carbocycles. The predicted molar refractivity (Wildman–Crippen MR) is 124 cm³/mol. The molecule has 1 atom stereocenters. The Kier molecular flexibility index (Phi) is 5.81. The van der Waals surface area contributed by atoms with Gasteiger partial charge in [0.1, 0.15) is 16.5 Å². The highest BCUT2D eigenvalue weighted by Crippen LogP contribution is 2.33. The van der Waals surface area contributed by atoms with Crippen molar-refractivity contribution in [1.82, 2.24) is 15.2 Å². The second kappa shape index (κ2) is 9.06. The van der Waals surface area contributed by atoms with Crippen molar-refractivity contribution >= 4 is 46.2 Å². The number of hydrogen-bond donors (Lipinski definition) is 0. The number of thioether (sulfide) groups is 1. The second-order valence-corrected chi connectivity index (χ2v) is 8.59. The minimum atomic E-state index is -0.690.